The van der Waals surface area contributed by atoms with Crippen LogP contribution in [0.2, 0.25) is 5.02 Å². The van der Waals surface area contributed by atoms with E-state index in [-0.39, 0.29) is 36.3 Å². The van der Waals surface area contributed by atoms with Gasteiger partial charge in [-0.3, -0.25) is 25.0 Å². The van der Waals surface area contributed by atoms with Crippen molar-refractivity contribution >= 4 is 28.9 Å². The van der Waals surface area contributed by atoms with Crippen LogP contribution >= 0.6 is 11.6 Å². The van der Waals surface area contributed by atoms with E-state index in [2.05, 4.69) is 5.32 Å². The molecule has 2 aromatic rings. The number of ether oxygens (including phenoxy) is 2. The molecule has 1 aliphatic rings. The maximum absolute atomic E-state index is 13.4. The van der Waals surface area contributed by atoms with Gasteiger partial charge in [0.15, 0.2) is 11.5 Å². The van der Waals surface area contributed by atoms with Crippen LogP contribution < -0.4 is 14.8 Å². The number of carbonyl (C=O) groups is 1. The molecule has 0 aliphatic carbocycles. The number of benzene rings is 2. The maximum atomic E-state index is 13.4. The van der Waals surface area contributed by atoms with E-state index in [0.29, 0.717) is 48.4 Å². The number of carbonyl (C=O) groups excluding carboxylic acids is 1. The molecule has 37 heavy (non-hydrogen) atoms. The molecule has 0 aromatic heterocycles. The Kier molecular flexibility index (Phi) is 9.65. The van der Waals surface area contributed by atoms with E-state index in [4.69, 9.17) is 21.1 Å². The van der Waals surface area contributed by atoms with Crippen molar-refractivity contribution in [3.05, 3.63) is 66.7 Å². The molecule has 12 heteroatoms. The van der Waals surface area contributed by atoms with Crippen molar-refractivity contribution < 1.29 is 24.1 Å². The summed E-state index contributed by atoms with van der Waals surface area (Å²) in [6.07, 6.45) is 0.756. The molecule has 0 fully saturated rings. The van der Waals surface area contributed by atoms with Gasteiger partial charge in [0.25, 0.3) is 11.4 Å². The molecule has 0 bridgehead atoms. The predicted octanol–water partition coefficient (Wildman–Crippen LogP) is 4.73. The van der Waals surface area contributed by atoms with Crippen LogP contribution in [-0.4, -0.2) is 47.0 Å². The van der Waals surface area contributed by atoms with E-state index in [9.17, 15) is 25.0 Å². The van der Waals surface area contributed by atoms with E-state index in [1.165, 1.54) is 12.1 Å². The number of nitrogens with zero attached hydrogens (tertiary/aromatic N) is 3. The lowest BCUT2D eigenvalue weighted by Gasteiger charge is -2.28. The third-order valence-electron chi connectivity index (χ3n) is 5.72. The Morgan fingerprint density at radius 2 is 1.68 bits per heavy atom. The molecule has 1 aliphatic heterocycles. The van der Waals surface area contributed by atoms with Gasteiger partial charge < -0.3 is 19.7 Å². The first-order valence-corrected chi connectivity index (χ1v) is 12.4. The lowest BCUT2D eigenvalue weighted by Crippen LogP contribution is -2.40. The fourth-order valence-corrected chi connectivity index (χ4v) is 4.36. The Balaban J connectivity index is 1.68. The Morgan fingerprint density at radius 3 is 2.30 bits per heavy atom. The van der Waals surface area contributed by atoms with Gasteiger partial charge in [-0.25, -0.2) is 0 Å². The summed E-state index contributed by atoms with van der Waals surface area (Å²) >= 11 is 6.44. The van der Waals surface area contributed by atoms with Crippen LogP contribution in [0.3, 0.4) is 0 Å². The molecule has 1 N–H and O–H groups in total. The van der Waals surface area contributed by atoms with Crippen molar-refractivity contribution in [2.24, 2.45) is 11.8 Å². The normalized spacial score (nSPS) is 13.6. The highest BCUT2D eigenvalue weighted by atomic mass is 35.5. The minimum atomic E-state index is -0.668. The number of non-ortho nitro benzene ring substituents is 2. The molecule has 1 heterocycles. The van der Waals surface area contributed by atoms with Crippen LogP contribution in [0.5, 0.6) is 11.5 Å². The van der Waals surface area contributed by atoms with Gasteiger partial charge in [0.1, 0.15) is 0 Å². The van der Waals surface area contributed by atoms with E-state index in [1.807, 2.05) is 19.9 Å². The summed E-state index contributed by atoms with van der Waals surface area (Å²) in [6.45, 7) is 8.20. The summed E-state index contributed by atoms with van der Waals surface area (Å²) in [7, 11) is 0. The predicted molar refractivity (Wildman–Crippen MR) is 138 cm³/mol. The van der Waals surface area contributed by atoms with E-state index >= 15 is 0 Å². The Morgan fingerprint density at radius 1 is 1.03 bits per heavy atom. The van der Waals surface area contributed by atoms with Crippen molar-refractivity contribution in [2.45, 2.75) is 40.3 Å². The van der Waals surface area contributed by atoms with E-state index < -0.39 is 15.8 Å². The number of halogens is 1. The van der Waals surface area contributed by atoms with Gasteiger partial charge in [-0.2, -0.15) is 0 Å². The highest BCUT2D eigenvalue weighted by Crippen LogP contribution is 2.38. The molecule has 2 aromatic carbocycles. The zero-order chi connectivity index (χ0) is 27.1. The lowest BCUT2D eigenvalue weighted by atomic mass is 10.1. The Hall–Kier alpha value is -3.44. The number of hydrogen-bond acceptors (Lipinski definition) is 8. The highest BCUT2D eigenvalue weighted by molar-refractivity contribution is 6.32. The molecule has 11 nitrogen and oxygen atoms in total. The average Bonchev–Trinajstić information content (AvgIpc) is 3.08. The van der Waals surface area contributed by atoms with Gasteiger partial charge in [0, 0.05) is 50.7 Å². The molecule has 0 radical (unpaired) electrons. The zero-order valence-electron chi connectivity index (χ0n) is 21.1. The third-order valence-corrected chi connectivity index (χ3v) is 6.00. The number of fused-ring (bicyclic) bond motifs is 1. The van der Waals surface area contributed by atoms with Crippen LogP contribution in [0.1, 0.15) is 38.3 Å². The molecule has 0 saturated carbocycles. The first-order chi connectivity index (χ1) is 17.5. The van der Waals surface area contributed by atoms with Crippen LogP contribution in [0, 0.1) is 32.1 Å². The summed E-state index contributed by atoms with van der Waals surface area (Å²) in [5.74, 6) is 0.824. The first kappa shape index (κ1) is 28.1. The zero-order valence-corrected chi connectivity index (χ0v) is 21.8. The number of nitro groups is 2. The molecule has 3 rings (SSSR count). The average molecular weight is 535 g/mol. The smallest absolute Gasteiger partial charge is 0.276 e. The Labute approximate surface area is 220 Å². The van der Waals surface area contributed by atoms with Crippen molar-refractivity contribution in [1.29, 1.82) is 0 Å². The van der Waals surface area contributed by atoms with E-state index in [1.54, 1.807) is 17.9 Å². The standard InChI is InChI=1S/C25H31ClN4O7/c1-16(2)14-28(15-19-9-22(26)24-23(10-19)36-5-4-6-37-24)25(31)17(3)12-27-13-18-7-20(29(32)33)11-21(8-18)30(34)35/h7-11,16-17,27H,4-6,12-15H2,1-3H3. The summed E-state index contributed by atoms with van der Waals surface area (Å²) in [5, 5.41) is 25.8. The highest BCUT2D eigenvalue weighted by Gasteiger charge is 2.24. The van der Waals surface area contributed by atoms with Crippen molar-refractivity contribution in [2.75, 3.05) is 26.3 Å². The van der Waals surface area contributed by atoms with Gasteiger partial charge in [0.2, 0.25) is 5.91 Å². The fraction of sp³-hybridized carbons (Fsp3) is 0.480. The number of nitrogens with one attached hydrogen (secondary N) is 1. The topological polar surface area (TPSA) is 137 Å². The second-order valence-corrected chi connectivity index (χ2v) is 9.88. The van der Waals surface area contributed by atoms with Gasteiger partial charge in [-0.1, -0.05) is 32.4 Å². The number of rotatable bonds is 11. The second kappa shape index (κ2) is 12.7. The van der Waals surface area contributed by atoms with Crippen molar-refractivity contribution in [1.82, 2.24) is 10.2 Å². The lowest BCUT2D eigenvalue weighted by molar-refractivity contribution is -0.394. The minimum absolute atomic E-state index is 0.0746. The molecular weight excluding hydrogens is 504 g/mol. The van der Waals surface area contributed by atoms with E-state index in [0.717, 1.165) is 18.1 Å². The Bertz CT molecular complexity index is 1130. The van der Waals surface area contributed by atoms with Crippen LogP contribution in [0.25, 0.3) is 0 Å². The monoisotopic (exact) mass is 534 g/mol. The SMILES string of the molecule is CC(C)CN(Cc1cc(Cl)c2c(c1)OCCCO2)C(=O)C(C)CNCc1cc([N+](=O)[O-])cc([N+](=O)[O-])c1. The van der Waals surface area contributed by atoms with Gasteiger partial charge in [-0.05, 0) is 29.2 Å². The largest absolute Gasteiger partial charge is 0.489 e. The maximum Gasteiger partial charge on any atom is 0.276 e. The summed E-state index contributed by atoms with van der Waals surface area (Å²) in [5.41, 5.74) is 0.507. The van der Waals surface area contributed by atoms with Crippen LogP contribution in [0.15, 0.2) is 30.3 Å². The molecule has 200 valence electrons. The second-order valence-electron chi connectivity index (χ2n) is 9.47. The van der Waals surface area contributed by atoms with Crippen molar-refractivity contribution in [3.8, 4) is 11.5 Å². The quantitative estimate of drug-likeness (QED) is 0.322. The summed E-state index contributed by atoms with van der Waals surface area (Å²) in [6, 6.07) is 7.13. The van der Waals surface area contributed by atoms with Gasteiger partial charge >= 0.3 is 0 Å². The molecule has 0 saturated heterocycles. The summed E-state index contributed by atoms with van der Waals surface area (Å²) in [4.78, 5) is 36.0. The third kappa shape index (κ3) is 7.77. The number of nitro benzene ring substituents is 2. The number of amides is 1. The molecule has 1 atom stereocenters. The van der Waals surface area contributed by atoms with Gasteiger partial charge in [0.05, 0.1) is 34.1 Å². The number of hydrogen-bond donors (Lipinski definition) is 1. The van der Waals surface area contributed by atoms with Crippen LogP contribution in [0.4, 0.5) is 11.4 Å². The molecular formula is C25H31ClN4O7. The van der Waals surface area contributed by atoms with Gasteiger partial charge in [-0.15, -0.1) is 0 Å². The molecule has 1 unspecified atom stereocenters. The summed E-state index contributed by atoms with van der Waals surface area (Å²) < 4.78 is 11.5. The van der Waals surface area contributed by atoms with Crippen LogP contribution in [-0.2, 0) is 17.9 Å². The minimum Gasteiger partial charge on any atom is -0.489 e. The fourth-order valence-electron chi connectivity index (χ4n) is 4.07. The molecule has 1 amide bonds. The van der Waals surface area contributed by atoms with Crippen molar-refractivity contribution in [3.63, 3.8) is 0 Å². The first-order valence-electron chi connectivity index (χ1n) is 12.1. The molecule has 0 spiro atoms.